The summed E-state index contributed by atoms with van der Waals surface area (Å²) >= 11 is 1.65. The lowest BCUT2D eigenvalue weighted by Crippen LogP contribution is -1.96. The highest BCUT2D eigenvalue weighted by Crippen LogP contribution is 2.35. The molecule has 43 heavy (non-hydrogen) atoms. The number of fused-ring (bicyclic) bond motifs is 1. The van der Waals surface area contributed by atoms with Crippen LogP contribution in [0.4, 0.5) is 11.4 Å². The molecule has 0 atom stereocenters. The first-order valence-corrected chi connectivity index (χ1v) is 15.7. The third-order valence-corrected chi connectivity index (χ3v) is 8.22. The number of allylic oxidation sites excluding steroid dienone is 5. The minimum atomic E-state index is 0.805. The summed E-state index contributed by atoms with van der Waals surface area (Å²) in [6.45, 7) is 4.13. The Morgan fingerprint density at radius 1 is 0.791 bits per heavy atom. The Morgan fingerprint density at radius 3 is 2.26 bits per heavy atom. The van der Waals surface area contributed by atoms with Gasteiger partial charge in [-0.1, -0.05) is 122 Å². The average Bonchev–Trinajstić information content (AvgIpc) is 3.55. The Morgan fingerprint density at radius 2 is 1.51 bits per heavy atom. The molecule has 0 heterocycles. The lowest BCUT2D eigenvalue weighted by molar-refractivity contribution is 1.30. The molecule has 0 amide bonds. The molecule has 6 rings (SSSR count). The number of benzene rings is 5. The predicted octanol–water partition coefficient (Wildman–Crippen LogP) is 11.5. The second-order valence-corrected chi connectivity index (χ2v) is 11.3. The second kappa shape index (κ2) is 13.3. The van der Waals surface area contributed by atoms with Gasteiger partial charge >= 0.3 is 0 Å². The van der Waals surface area contributed by atoms with E-state index in [0.717, 1.165) is 33.8 Å². The van der Waals surface area contributed by atoms with Gasteiger partial charge in [-0.15, -0.1) is 17.5 Å². The molecule has 5 aromatic carbocycles. The van der Waals surface area contributed by atoms with E-state index in [1.54, 1.807) is 11.8 Å². The van der Waals surface area contributed by atoms with E-state index in [1.165, 1.54) is 38.6 Å². The molecule has 0 unspecified atom stereocenters. The fourth-order valence-electron chi connectivity index (χ4n) is 5.29. The SMILES string of the molecule is C=C(/C=C\c1ccc2cc(/C(=C\CC3=C=C(c4ccccc4)C=C3)c3ccccc3)ccc2c1Nc1ccccc1)SC. The molecule has 0 aromatic heterocycles. The van der Waals surface area contributed by atoms with Crippen molar-refractivity contribution in [3.63, 3.8) is 0 Å². The zero-order chi connectivity index (χ0) is 29.4. The highest BCUT2D eigenvalue weighted by molar-refractivity contribution is 8.02. The number of hydrogen-bond acceptors (Lipinski definition) is 2. The molecule has 0 fully saturated rings. The van der Waals surface area contributed by atoms with Crippen molar-refractivity contribution in [2.24, 2.45) is 0 Å². The van der Waals surface area contributed by atoms with E-state index in [0.29, 0.717) is 0 Å². The fourth-order valence-corrected chi connectivity index (χ4v) is 5.49. The molecule has 0 saturated carbocycles. The summed E-state index contributed by atoms with van der Waals surface area (Å²) in [6.07, 6.45) is 13.8. The van der Waals surface area contributed by atoms with Gasteiger partial charge in [-0.2, -0.15) is 0 Å². The molecule has 0 aliphatic heterocycles. The Labute approximate surface area is 259 Å². The smallest absolute Gasteiger partial charge is 0.0537 e. The van der Waals surface area contributed by atoms with Gasteiger partial charge in [0.25, 0.3) is 0 Å². The molecule has 1 aliphatic carbocycles. The van der Waals surface area contributed by atoms with Crippen LogP contribution in [-0.2, 0) is 0 Å². The zero-order valence-corrected chi connectivity index (χ0v) is 25.1. The van der Waals surface area contributed by atoms with E-state index in [4.69, 9.17) is 0 Å². The van der Waals surface area contributed by atoms with Gasteiger partial charge in [-0.25, -0.2) is 0 Å². The van der Waals surface area contributed by atoms with Crippen molar-refractivity contribution in [3.8, 4) is 0 Å². The number of anilines is 2. The van der Waals surface area contributed by atoms with Crippen LogP contribution in [0.1, 0.15) is 28.7 Å². The van der Waals surface area contributed by atoms with Crippen molar-refractivity contribution in [2.45, 2.75) is 6.42 Å². The highest BCUT2D eigenvalue weighted by Gasteiger charge is 2.12. The van der Waals surface area contributed by atoms with Crippen LogP contribution in [0.3, 0.4) is 0 Å². The van der Waals surface area contributed by atoms with Gasteiger partial charge in [0.05, 0.1) is 5.69 Å². The predicted molar refractivity (Wildman–Crippen MR) is 190 cm³/mol. The number of hydrogen-bond donors (Lipinski definition) is 1. The lowest BCUT2D eigenvalue weighted by Gasteiger charge is -2.16. The van der Waals surface area contributed by atoms with Crippen molar-refractivity contribution in [3.05, 3.63) is 191 Å². The van der Waals surface area contributed by atoms with Crippen LogP contribution >= 0.6 is 11.8 Å². The average molecular weight is 572 g/mol. The highest BCUT2D eigenvalue weighted by atomic mass is 32.2. The summed E-state index contributed by atoms with van der Waals surface area (Å²) in [5.41, 5.74) is 14.0. The van der Waals surface area contributed by atoms with Gasteiger partial charge in [-0.05, 0) is 92.8 Å². The molecule has 1 aliphatic rings. The fraction of sp³-hybridized carbons (Fsp3) is 0.0488. The first-order chi connectivity index (χ1) is 21.2. The zero-order valence-electron chi connectivity index (χ0n) is 24.3. The van der Waals surface area contributed by atoms with Crippen LogP contribution in [0.5, 0.6) is 0 Å². The molecular weight excluding hydrogens is 539 g/mol. The molecule has 1 nitrogen and oxygen atoms in total. The summed E-state index contributed by atoms with van der Waals surface area (Å²) in [5.74, 6) is 0. The van der Waals surface area contributed by atoms with Crippen molar-refractivity contribution in [2.75, 3.05) is 11.6 Å². The minimum absolute atomic E-state index is 0.805. The third-order valence-electron chi connectivity index (χ3n) is 7.56. The molecule has 2 heteroatoms. The van der Waals surface area contributed by atoms with Crippen LogP contribution in [0.2, 0.25) is 0 Å². The van der Waals surface area contributed by atoms with Gasteiger partial charge in [0.2, 0.25) is 0 Å². The summed E-state index contributed by atoms with van der Waals surface area (Å²) in [7, 11) is 0. The monoisotopic (exact) mass is 571 g/mol. The van der Waals surface area contributed by atoms with Gasteiger partial charge in [0.15, 0.2) is 0 Å². The van der Waals surface area contributed by atoms with Crippen LogP contribution in [-0.4, -0.2) is 6.26 Å². The third kappa shape index (κ3) is 6.74. The maximum atomic E-state index is 4.13. The van der Waals surface area contributed by atoms with Crippen molar-refractivity contribution in [1.82, 2.24) is 0 Å². The largest absolute Gasteiger partial charge is 0.355 e. The van der Waals surface area contributed by atoms with E-state index in [-0.39, 0.29) is 0 Å². The van der Waals surface area contributed by atoms with E-state index in [2.05, 4.69) is 157 Å². The molecular formula is C41H33NS. The van der Waals surface area contributed by atoms with Crippen LogP contribution in [0, 0.1) is 0 Å². The summed E-state index contributed by atoms with van der Waals surface area (Å²) < 4.78 is 0. The van der Waals surface area contributed by atoms with E-state index >= 15 is 0 Å². The quantitative estimate of drug-likeness (QED) is 0.132. The second-order valence-electron chi connectivity index (χ2n) is 10.4. The number of thioether (sulfide) groups is 1. The van der Waals surface area contributed by atoms with E-state index < -0.39 is 0 Å². The number of nitrogens with one attached hydrogen (secondary N) is 1. The summed E-state index contributed by atoms with van der Waals surface area (Å²) in [5, 5.41) is 6.05. The Balaban J connectivity index is 1.41. The van der Waals surface area contributed by atoms with Crippen LogP contribution < -0.4 is 5.32 Å². The van der Waals surface area contributed by atoms with Gasteiger partial charge in [0, 0.05) is 16.6 Å². The first kappa shape index (κ1) is 28.1. The maximum Gasteiger partial charge on any atom is 0.0537 e. The van der Waals surface area contributed by atoms with Crippen LogP contribution in [0.15, 0.2) is 168 Å². The first-order valence-electron chi connectivity index (χ1n) is 14.5. The number of rotatable bonds is 10. The van der Waals surface area contributed by atoms with Crippen molar-refractivity contribution >= 4 is 51.1 Å². The van der Waals surface area contributed by atoms with Crippen molar-refractivity contribution in [1.29, 1.82) is 0 Å². The number of para-hydroxylation sites is 1. The lowest BCUT2D eigenvalue weighted by atomic mass is 9.93. The molecule has 208 valence electrons. The molecule has 0 saturated heterocycles. The molecule has 1 N–H and O–H groups in total. The topological polar surface area (TPSA) is 12.0 Å². The maximum absolute atomic E-state index is 4.13. The molecule has 0 radical (unpaired) electrons. The van der Waals surface area contributed by atoms with Crippen molar-refractivity contribution < 1.29 is 0 Å². The molecule has 0 spiro atoms. The molecule has 5 aromatic rings. The summed E-state index contributed by atoms with van der Waals surface area (Å²) in [6, 6.07) is 42.7. The summed E-state index contributed by atoms with van der Waals surface area (Å²) in [4.78, 5) is 1.02. The Bertz CT molecular complexity index is 1920. The van der Waals surface area contributed by atoms with Gasteiger partial charge < -0.3 is 5.32 Å². The van der Waals surface area contributed by atoms with E-state index in [1.807, 2.05) is 18.4 Å². The Kier molecular flexibility index (Phi) is 8.71. The minimum Gasteiger partial charge on any atom is -0.355 e. The van der Waals surface area contributed by atoms with Crippen LogP contribution in [0.25, 0.3) is 28.0 Å². The standard InChI is InChI=1S/C41H33NS/c1-30(43-2)18-21-34-23-24-37-29-36(25-27-40(37)41(34)42-38-16-10-5-11-17-38)39(33-14-8-4-9-15-33)26-20-31-19-22-35(28-31)32-12-6-3-7-13-32/h3-19,21-27,29,42H,1,20H2,2H3/b21-18-,39-26-. The van der Waals surface area contributed by atoms with E-state index in [9.17, 15) is 0 Å². The molecule has 0 bridgehead atoms. The van der Waals surface area contributed by atoms with Gasteiger partial charge in [0.1, 0.15) is 0 Å². The normalized spacial score (nSPS) is 12.9. The van der Waals surface area contributed by atoms with Gasteiger partial charge in [-0.3, -0.25) is 0 Å². The Hall–Kier alpha value is -5.01.